The lowest BCUT2D eigenvalue weighted by Crippen LogP contribution is -2.37. The van der Waals surface area contributed by atoms with E-state index in [0.717, 1.165) is 0 Å². The molecule has 0 atom stereocenters. The van der Waals surface area contributed by atoms with Gasteiger partial charge in [0.1, 0.15) is 5.75 Å². The van der Waals surface area contributed by atoms with Gasteiger partial charge in [-0.25, -0.2) is 0 Å². The minimum atomic E-state index is -0.311. The molecule has 1 aromatic rings. The number of nitrogens with one attached hydrogen (secondary N) is 2. The molecule has 0 aliphatic heterocycles. The maximum atomic E-state index is 11.5. The largest absolute Gasteiger partial charge is 0.482 e. The average molecular weight is 334 g/mol. The van der Waals surface area contributed by atoms with Gasteiger partial charge in [-0.1, -0.05) is 23.2 Å². The SMILES string of the molecule is NCCC(=O)NCCNC(=O)COc1ccc(Cl)cc1Cl. The molecule has 21 heavy (non-hydrogen) atoms. The van der Waals surface area contributed by atoms with E-state index in [0.29, 0.717) is 35.4 Å². The highest BCUT2D eigenvalue weighted by Gasteiger charge is 2.06. The molecule has 0 unspecified atom stereocenters. The Morgan fingerprint density at radius 3 is 2.43 bits per heavy atom. The normalized spacial score (nSPS) is 10.0. The number of rotatable bonds is 8. The zero-order valence-corrected chi connectivity index (χ0v) is 12.8. The van der Waals surface area contributed by atoms with Gasteiger partial charge in [-0.05, 0) is 18.2 Å². The fourth-order valence-corrected chi connectivity index (χ4v) is 1.87. The molecule has 1 aromatic carbocycles. The molecule has 0 bridgehead atoms. The number of carbonyl (C=O) groups excluding carboxylic acids is 2. The first kappa shape index (κ1) is 17.6. The van der Waals surface area contributed by atoms with E-state index in [9.17, 15) is 9.59 Å². The van der Waals surface area contributed by atoms with Gasteiger partial charge in [0.25, 0.3) is 5.91 Å². The monoisotopic (exact) mass is 333 g/mol. The smallest absolute Gasteiger partial charge is 0.258 e. The van der Waals surface area contributed by atoms with Gasteiger partial charge in [0, 0.05) is 31.1 Å². The van der Waals surface area contributed by atoms with Gasteiger partial charge in [-0.3, -0.25) is 9.59 Å². The number of ether oxygens (including phenoxy) is 1. The van der Waals surface area contributed by atoms with E-state index in [1.807, 2.05) is 0 Å². The summed E-state index contributed by atoms with van der Waals surface area (Å²) in [7, 11) is 0. The van der Waals surface area contributed by atoms with Crippen LogP contribution in [0.4, 0.5) is 0 Å². The molecule has 0 aliphatic carbocycles. The zero-order chi connectivity index (χ0) is 15.7. The van der Waals surface area contributed by atoms with Crippen LogP contribution in [0.15, 0.2) is 18.2 Å². The summed E-state index contributed by atoms with van der Waals surface area (Å²) in [5.74, 6) is -0.0718. The van der Waals surface area contributed by atoms with Crippen LogP contribution in [0.3, 0.4) is 0 Å². The molecule has 6 nitrogen and oxygen atoms in total. The van der Waals surface area contributed by atoms with Crippen molar-refractivity contribution >= 4 is 35.0 Å². The number of halogens is 2. The number of nitrogens with two attached hydrogens (primary N) is 1. The maximum Gasteiger partial charge on any atom is 0.258 e. The van der Waals surface area contributed by atoms with E-state index < -0.39 is 0 Å². The Morgan fingerprint density at radius 2 is 1.81 bits per heavy atom. The summed E-state index contributed by atoms with van der Waals surface area (Å²) < 4.78 is 5.26. The van der Waals surface area contributed by atoms with Crippen molar-refractivity contribution in [2.24, 2.45) is 5.73 Å². The Labute approximate surface area is 132 Å². The maximum absolute atomic E-state index is 11.5. The average Bonchev–Trinajstić information content (AvgIpc) is 2.43. The van der Waals surface area contributed by atoms with Crippen molar-refractivity contribution in [3.05, 3.63) is 28.2 Å². The summed E-state index contributed by atoms with van der Waals surface area (Å²) in [6.45, 7) is 0.783. The summed E-state index contributed by atoms with van der Waals surface area (Å²) in [6, 6.07) is 4.74. The molecule has 8 heteroatoms. The fourth-order valence-electron chi connectivity index (χ4n) is 1.41. The van der Waals surface area contributed by atoms with E-state index in [1.54, 1.807) is 12.1 Å². The van der Waals surface area contributed by atoms with Crippen LogP contribution < -0.4 is 21.1 Å². The van der Waals surface area contributed by atoms with E-state index in [2.05, 4.69) is 10.6 Å². The Bertz CT molecular complexity index is 498. The fraction of sp³-hybridized carbons (Fsp3) is 0.385. The van der Waals surface area contributed by atoms with Crippen molar-refractivity contribution in [2.75, 3.05) is 26.2 Å². The molecular weight excluding hydrogens is 317 g/mol. The van der Waals surface area contributed by atoms with Crippen LogP contribution in [0.25, 0.3) is 0 Å². The molecule has 2 amide bonds. The first-order chi connectivity index (χ1) is 10.0. The third-order valence-corrected chi connectivity index (χ3v) is 2.92. The van der Waals surface area contributed by atoms with E-state index in [-0.39, 0.29) is 24.8 Å². The number of hydrogen-bond donors (Lipinski definition) is 3. The van der Waals surface area contributed by atoms with Crippen molar-refractivity contribution in [3.8, 4) is 5.75 Å². The lowest BCUT2D eigenvalue weighted by atomic mass is 10.3. The van der Waals surface area contributed by atoms with Gasteiger partial charge >= 0.3 is 0 Å². The Morgan fingerprint density at radius 1 is 1.14 bits per heavy atom. The molecule has 4 N–H and O–H groups in total. The third-order valence-electron chi connectivity index (χ3n) is 2.39. The second kappa shape index (κ2) is 9.44. The highest BCUT2D eigenvalue weighted by molar-refractivity contribution is 6.35. The minimum absolute atomic E-state index is 0.143. The quantitative estimate of drug-likeness (QED) is 0.617. The molecule has 0 fully saturated rings. The van der Waals surface area contributed by atoms with Crippen LogP contribution in [0.1, 0.15) is 6.42 Å². The van der Waals surface area contributed by atoms with Gasteiger partial charge < -0.3 is 21.1 Å². The summed E-state index contributed by atoms with van der Waals surface area (Å²) in [5.41, 5.74) is 5.23. The lowest BCUT2D eigenvalue weighted by Gasteiger charge is -2.09. The topological polar surface area (TPSA) is 93.5 Å². The van der Waals surface area contributed by atoms with Gasteiger partial charge in [-0.2, -0.15) is 0 Å². The molecule has 0 aliphatic rings. The third kappa shape index (κ3) is 7.17. The Balaban J connectivity index is 2.21. The first-order valence-electron chi connectivity index (χ1n) is 6.34. The summed E-state index contributed by atoms with van der Waals surface area (Å²) in [5, 5.41) is 6.05. The Hall–Kier alpha value is -1.50. The van der Waals surface area contributed by atoms with Crippen LogP contribution in [-0.2, 0) is 9.59 Å². The predicted octanol–water partition coefficient (Wildman–Crippen LogP) is 0.953. The predicted molar refractivity (Wildman–Crippen MR) is 81.6 cm³/mol. The van der Waals surface area contributed by atoms with E-state index >= 15 is 0 Å². The van der Waals surface area contributed by atoms with Crippen LogP contribution in [0, 0.1) is 0 Å². The molecule has 0 saturated heterocycles. The number of amides is 2. The second-order valence-electron chi connectivity index (χ2n) is 4.10. The molecule has 116 valence electrons. The first-order valence-corrected chi connectivity index (χ1v) is 7.10. The van der Waals surface area contributed by atoms with Gasteiger partial charge in [0.15, 0.2) is 6.61 Å². The molecule has 0 heterocycles. The van der Waals surface area contributed by atoms with Crippen molar-refractivity contribution < 1.29 is 14.3 Å². The minimum Gasteiger partial charge on any atom is -0.482 e. The van der Waals surface area contributed by atoms with Crippen LogP contribution >= 0.6 is 23.2 Å². The van der Waals surface area contributed by atoms with Crippen molar-refractivity contribution in [3.63, 3.8) is 0 Å². The molecule has 1 rings (SSSR count). The van der Waals surface area contributed by atoms with E-state index in [4.69, 9.17) is 33.7 Å². The second-order valence-corrected chi connectivity index (χ2v) is 4.95. The van der Waals surface area contributed by atoms with Crippen LogP contribution in [-0.4, -0.2) is 38.1 Å². The van der Waals surface area contributed by atoms with Crippen molar-refractivity contribution in [2.45, 2.75) is 6.42 Å². The highest BCUT2D eigenvalue weighted by Crippen LogP contribution is 2.27. The number of carbonyl (C=O) groups is 2. The highest BCUT2D eigenvalue weighted by atomic mass is 35.5. The molecule has 0 spiro atoms. The standard InChI is InChI=1S/C13H17Cl2N3O3/c14-9-1-2-11(10(15)7-9)21-8-13(20)18-6-5-17-12(19)3-4-16/h1-2,7H,3-6,8,16H2,(H,17,19)(H,18,20). The van der Waals surface area contributed by atoms with Gasteiger partial charge in [0.2, 0.25) is 5.91 Å². The number of benzene rings is 1. The lowest BCUT2D eigenvalue weighted by molar-refractivity contribution is -0.124. The van der Waals surface area contributed by atoms with Crippen LogP contribution in [0.5, 0.6) is 5.75 Å². The van der Waals surface area contributed by atoms with E-state index in [1.165, 1.54) is 6.07 Å². The molecule has 0 saturated carbocycles. The van der Waals surface area contributed by atoms with Gasteiger partial charge in [-0.15, -0.1) is 0 Å². The van der Waals surface area contributed by atoms with Gasteiger partial charge in [0.05, 0.1) is 5.02 Å². The summed E-state index contributed by atoms with van der Waals surface area (Å²) in [4.78, 5) is 22.6. The Kier molecular flexibility index (Phi) is 7.89. The molecule has 0 radical (unpaired) electrons. The molecular formula is C13H17Cl2N3O3. The number of hydrogen-bond acceptors (Lipinski definition) is 4. The summed E-state index contributed by atoms with van der Waals surface area (Å²) in [6.07, 6.45) is 0.270. The molecule has 0 aromatic heterocycles. The summed E-state index contributed by atoms with van der Waals surface area (Å²) >= 11 is 11.7. The zero-order valence-electron chi connectivity index (χ0n) is 11.3. The van der Waals surface area contributed by atoms with Crippen LogP contribution in [0.2, 0.25) is 10.0 Å². The van der Waals surface area contributed by atoms with Crippen molar-refractivity contribution in [1.29, 1.82) is 0 Å². The van der Waals surface area contributed by atoms with Crippen molar-refractivity contribution in [1.82, 2.24) is 10.6 Å².